The third-order valence-corrected chi connectivity index (χ3v) is 4.82. The summed E-state index contributed by atoms with van der Waals surface area (Å²) >= 11 is 3.57. The van der Waals surface area contributed by atoms with Gasteiger partial charge in [0.05, 0.1) is 7.11 Å². The van der Waals surface area contributed by atoms with Gasteiger partial charge in [0.2, 0.25) is 0 Å². The number of benzene rings is 2. The fourth-order valence-electron chi connectivity index (χ4n) is 2.55. The molecule has 6 heteroatoms. The maximum Gasteiger partial charge on any atom is 0.262 e. The van der Waals surface area contributed by atoms with Crippen molar-refractivity contribution in [3.8, 4) is 11.5 Å². The minimum absolute atomic E-state index is 0.0946. The van der Waals surface area contributed by atoms with Crippen molar-refractivity contribution in [1.29, 1.82) is 0 Å². The number of hydrogen-bond donors (Lipinski definition) is 2. The molecule has 27 heavy (non-hydrogen) atoms. The number of hydrogen-bond acceptors (Lipinski definition) is 4. The molecule has 0 unspecified atom stereocenters. The van der Waals surface area contributed by atoms with Crippen LogP contribution in [0.15, 0.2) is 40.9 Å². The highest BCUT2D eigenvalue weighted by Crippen LogP contribution is 2.36. The maximum atomic E-state index is 12.3. The standard InChI is InChI=1S/C21H27BrN2O3/c1-4-5-12-23-13-17-18(22)10-11-19(26-3)21(17)27-14-20(25)24-16-8-6-15(2)7-9-16/h6-11,23H,4-5,12-14H2,1-3H3,(H,24,25). The zero-order valence-electron chi connectivity index (χ0n) is 16.1. The molecule has 2 N–H and O–H groups in total. The molecule has 0 saturated carbocycles. The van der Waals surface area contributed by atoms with Crippen LogP contribution < -0.4 is 20.1 Å². The molecule has 0 aliphatic heterocycles. The first-order valence-corrected chi connectivity index (χ1v) is 9.89. The molecular formula is C21H27BrN2O3. The molecule has 0 aromatic heterocycles. The van der Waals surface area contributed by atoms with Crippen molar-refractivity contribution in [3.63, 3.8) is 0 Å². The van der Waals surface area contributed by atoms with Gasteiger partial charge in [-0.1, -0.05) is 47.0 Å². The Kier molecular flexibility index (Phi) is 8.61. The van der Waals surface area contributed by atoms with Crippen LogP contribution in [-0.4, -0.2) is 26.2 Å². The highest BCUT2D eigenvalue weighted by molar-refractivity contribution is 9.10. The summed E-state index contributed by atoms with van der Waals surface area (Å²) in [7, 11) is 1.59. The van der Waals surface area contributed by atoms with E-state index in [1.807, 2.05) is 43.3 Å². The number of carbonyl (C=O) groups is 1. The molecule has 0 bridgehead atoms. The van der Waals surface area contributed by atoms with Gasteiger partial charge in [-0.2, -0.15) is 0 Å². The van der Waals surface area contributed by atoms with E-state index in [0.717, 1.165) is 40.7 Å². The molecule has 2 aromatic rings. The summed E-state index contributed by atoms with van der Waals surface area (Å²) in [5.74, 6) is 0.967. The molecule has 0 spiro atoms. The van der Waals surface area contributed by atoms with Crippen LogP contribution in [0, 0.1) is 6.92 Å². The first kappa shape index (κ1) is 21.3. The predicted octanol–water partition coefficient (Wildman–Crippen LogP) is 4.67. The third-order valence-electron chi connectivity index (χ3n) is 4.08. The van der Waals surface area contributed by atoms with E-state index in [-0.39, 0.29) is 12.5 Å². The lowest BCUT2D eigenvalue weighted by Crippen LogP contribution is -2.22. The molecule has 1 amide bonds. The largest absolute Gasteiger partial charge is 0.493 e. The van der Waals surface area contributed by atoms with E-state index < -0.39 is 0 Å². The highest BCUT2D eigenvalue weighted by atomic mass is 79.9. The summed E-state index contributed by atoms with van der Waals surface area (Å²) in [6.07, 6.45) is 2.24. The number of halogens is 1. The Bertz CT molecular complexity index is 748. The summed E-state index contributed by atoms with van der Waals surface area (Å²) < 4.78 is 12.2. The molecule has 0 heterocycles. The lowest BCUT2D eigenvalue weighted by Gasteiger charge is -2.17. The molecule has 0 aliphatic rings. The number of rotatable bonds is 10. The van der Waals surface area contributed by atoms with E-state index in [1.165, 1.54) is 0 Å². The number of nitrogens with one attached hydrogen (secondary N) is 2. The summed E-state index contributed by atoms with van der Waals surface area (Å²) in [6.45, 7) is 5.62. The smallest absolute Gasteiger partial charge is 0.262 e. The molecule has 0 aliphatic carbocycles. The first-order chi connectivity index (χ1) is 13.0. The zero-order chi connectivity index (χ0) is 19.6. The van der Waals surface area contributed by atoms with Crippen LogP contribution in [-0.2, 0) is 11.3 Å². The van der Waals surface area contributed by atoms with Crippen molar-refractivity contribution < 1.29 is 14.3 Å². The van der Waals surface area contributed by atoms with Crippen LogP contribution in [0.4, 0.5) is 5.69 Å². The molecular weight excluding hydrogens is 408 g/mol. The van der Waals surface area contributed by atoms with Crippen molar-refractivity contribution in [1.82, 2.24) is 5.32 Å². The Morgan fingerprint density at radius 2 is 1.89 bits per heavy atom. The Morgan fingerprint density at radius 1 is 1.15 bits per heavy atom. The SMILES string of the molecule is CCCCNCc1c(Br)ccc(OC)c1OCC(=O)Nc1ccc(C)cc1. The quantitative estimate of drug-likeness (QED) is 0.533. The maximum absolute atomic E-state index is 12.3. The van der Waals surface area contributed by atoms with Crippen LogP contribution >= 0.6 is 15.9 Å². The van der Waals surface area contributed by atoms with Gasteiger partial charge >= 0.3 is 0 Å². The molecule has 0 fully saturated rings. The van der Waals surface area contributed by atoms with Gasteiger partial charge < -0.3 is 20.1 Å². The highest BCUT2D eigenvalue weighted by Gasteiger charge is 2.16. The van der Waals surface area contributed by atoms with Gasteiger partial charge in [0.15, 0.2) is 18.1 Å². The lowest BCUT2D eigenvalue weighted by atomic mass is 10.1. The van der Waals surface area contributed by atoms with E-state index in [0.29, 0.717) is 18.0 Å². The second-order valence-corrected chi connectivity index (χ2v) is 7.14. The molecule has 0 radical (unpaired) electrons. The molecule has 5 nitrogen and oxygen atoms in total. The third kappa shape index (κ3) is 6.56. The summed E-state index contributed by atoms with van der Waals surface area (Å²) in [4.78, 5) is 12.3. The Labute approximate surface area is 169 Å². The van der Waals surface area contributed by atoms with E-state index >= 15 is 0 Å². The minimum Gasteiger partial charge on any atom is -0.493 e. The fraction of sp³-hybridized carbons (Fsp3) is 0.381. The van der Waals surface area contributed by atoms with Gasteiger partial charge in [-0.05, 0) is 44.2 Å². The van der Waals surface area contributed by atoms with Crippen LogP contribution in [0.1, 0.15) is 30.9 Å². The Balaban J connectivity index is 2.05. The second kappa shape index (κ2) is 10.9. The molecule has 2 aromatic carbocycles. The van der Waals surface area contributed by atoms with Crippen molar-refractivity contribution in [3.05, 3.63) is 52.0 Å². The van der Waals surface area contributed by atoms with Crippen LogP contribution in [0.25, 0.3) is 0 Å². The fourth-order valence-corrected chi connectivity index (χ4v) is 3.01. The minimum atomic E-state index is -0.217. The number of unbranched alkanes of at least 4 members (excludes halogenated alkanes) is 1. The van der Waals surface area contributed by atoms with Crippen molar-refractivity contribution >= 4 is 27.5 Å². The van der Waals surface area contributed by atoms with Gasteiger partial charge in [-0.15, -0.1) is 0 Å². The number of carbonyl (C=O) groups excluding carboxylic acids is 1. The van der Waals surface area contributed by atoms with Gasteiger partial charge in [-0.3, -0.25) is 4.79 Å². The van der Waals surface area contributed by atoms with Gasteiger partial charge in [0.25, 0.3) is 5.91 Å². The molecule has 146 valence electrons. The van der Waals surface area contributed by atoms with Crippen LogP contribution in [0.2, 0.25) is 0 Å². The second-order valence-electron chi connectivity index (χ2n) is 6.29. The average molecular weight is 435 g/mol. The number of aryl methyl sites for hydroxylation is 1. The van der Waals surface area contributed by atoms with E-state index in [9.17, 15) is 4.79 Å². The molecule has 0 atom stereocenters. The molecule has 0 saturated heterocycles. The summed E-state index contributed by atoms with van der Waals surface area (Å²) in [6, 6.07) is 11.4. The number of amides is 1. The molecule has 2 rings (SSSR count). The van der Waals surface area contributed by atoms with Crippen molar-refractivity contribution in [2.45, 2.75) is 33.2 Å². The van der Waals surface area contributed by atoms with E-state index in [4.69, 9.17) is 9.47 Å². The summed E-state index contributed by atoms with van der Waals surface area (Å²) in [5.41, 5.74) is 2.83. The average Bonchev–Trinajstić information content (AvgIpc) is 2.66. The Morgan fingerprint density at radius 3 is 2.56 bits per heavy atom. The number of anilines is 1. The predicted molar refractivity (Wildman–Crippen MR) is 113 cm³/mol. The lowest BCUT2D eigenvalue weighted by molar-refractivity contribution is -0.118. The number of methoxy groups -OCH3 is 1. The van der Waals surface area contributed by atoms with Gasteiger partial charge in [0, 0.05) is 22.3 Å². The van der Waals surface area contributed by atoms with Gasteiger partial charge in [0.1, 0.15) is 0 Å². The summed E-state index contributed by atoms with van der Waals surface area (Å²) in [5, 5.41) is 6.24. The van der Waals surface area contributed by atoms with Crippen molar-refractivity contribution in [2.75, 3.05) is 25.6 Å². The van der Waals surface area contributed by atoms with E-state index in [2.05, 4.69) is 33.5 Å². The van der Waals surface area contributed by atoms with E-state index in [1.54, 1.807) is 7.11 Å². The number of ether oxygens (including phenoxy) is 2. The normalized spacial score (nSPS) is 10.5. The monoisotopic (exact) mass is 434 g/mol. The van der Waals surface area contributed by atoms with Gasteiger partial charge in [-0.25, -0.2) is 0 Å². The van der Waals surface area contributed by atoms with Crippen LogP contribution in [0.5, 0.6) is 11.5 Å². The van der Waals surface area contributed by atoms with Crippen LogP contribution in [0.3, 0.4) is 0 Å². The van der Waals surface area contributed by atoms with Crippen molar-refractivity contribution in [2.24, 2.45) is 0 Å². The zero-order valence-corrected chi connectivity index (χ0v) is 17.7. The first-order valence-electron chi connectivity index (χ1n) is 9.10. The Hall–Kier alpha value is -2.05. The topological polar surface area (TPSA) is 59.6 Å².